The van der Waals surface area contributed by atoms with Crippen LogP contribution in [-0.2, 0) is 26.2 Å². The van der Waals surface area contributed by atoms with Gasteiger partial charge >= 0.3 is 0 Å². The topological polar surface area (TPSA) is 96.0 Å². The van der Waals surface area contributed by atoms with E-state index in [4.69, 9.17) is 4.74 Å². The molecule has 0 bridgehead atoms. The van der Waals surface area contributed by atoms with Gasteiger partial charge in [-0.1, -0.05) is 61.7 Å². The number of carbonyl (C=O) groups is 2. The molecule has 0 aromatic heterocycles. The molecule has 39 heavy (non-hydrogen) atoms. The number of sulfonamides is 1. The summed E-state index contributed by atoms with van der Waals surface area (Å²) in [5, 5.41) is 4.82. The van der Waals surface area contributed by atoms with Gasteiger partial charge < -0.3 is 15.0 Å². The summed E-state index contributed by atoms with van der Waals surface area (Å²) in [6, 6.07) is 19.0. The smallest absolute Gasteiger partial charge is 0.243 e. The average Bonchev–Trinajstić information content (AvgIpc) is 2.95. The quantitative estimate of drug-likeness (QED) is 0.405. The number of benzene rings is 3. The maximum atomic E-state index is 13.6. The lowest BCUT2D eigenvalue weighted by Crippen LogP contribution is -2.52. The molecule has 0 aliphatic heterocycles. The van der Waals surface area contributed by atoms with Gasteiger partial charge in [-0.05, 0) is 60.4 Å². The molecule has 3 aromatic rings. The second-order valence-corrected chi connectivity index (χ2v) is 12.2. The van der Waals surface area contributed by atoms with E-state index in [-0.39, 0.29) is 23.4 Å². The van der Waals surface area contributed by atoms with Crippen molar-refractivity contribution >= 4 is 32.6 Å². The summed E-state index contributed by atoms with van der Waals surface area (Å²) in [6.07, 6.45) is 5.16. The summed E-state index contributed by atoms with van der Waals surface area (Å²) in [5.74, 6) is -0.0654. The Kier molecular flexibility index (Phi) is 9.24. The van der Waals surface area contributed by atoms with Crippen LogP contribution in [-0.4, -0.2) is 62.2 Å². The molecule has 0 spiro atoms. The zero-order valence-electron chi connectivity index (χ0n) is 22.8. The number of methoxy groups -OCH3 is 1. The van der Waals surface area contributed by atoms with Crippen LogP contribution in [0.1, 0.15) is 44.6 Å². The van der Waals surface area contributed by atoms with Crippen molar-refractivity contribution in [1.82, 2.24) is 14.5 Å². The number of ether oxygens (including phenoxy) is 1. The Hall–Kier alpha value is -3.43. The summed E-state index contributed by atoms with van der Waals surface area (Å²) < 4.78 is 33.2. The Balaban J connectivity index is 1.55. The van der Waals surface area contributed by atoms with Crippen molar-refractivity contribution < 1.29 is 22.7 Å². The highest BCUT2D eigenvalue weighted by Gasteiger charge is 2.31. The van der Waals surface area contributed by atoms with Gasteiger partial charge in [-0.15, -0.1) is 0 Å². The van der Waals surface area contributed by atoms with Crippen molar-refractivity contribution in [2.75, 3.05) is 20.7 Å². The average molecular weight is 552 g/mol. The van der Waals surface area contributed by atoms with Crippen LogP contribution in [0.2, 0.25) is 0 Å². The van der Waals surface area contributed by atoms with Crippen molar-refractivity contribution in [3.05, 3.63) is 72.3 Å². The van der Waals surface area contributed by atoms with Crippen molar-refractivity contribution in [2.24, 2.45) is 0 Å². The first kappa shape index (κ1) is 28.6. The molecule has 1 N–H and O–H groups in total. The predicted octanol–water partition coefficient (Wildman–Crippen LogP) is 4.34. The number of amides is 2. The third kappa shape index (κ3) is 6.96. The van der Waals surface area contributed by atoms with Crippen LogP contribution in [0.4, 0.5) is 0 Å². The van der Waals surface area contributed by atoms with E-state index in [2.05, 4.69) is 5.32 Å². The molecule has 2 amide bonds. The minimum atomic E-state index is -3.95. The lowest BCUT2D eigenvalue weighted by atomic mass is 9.95. The van der Waals surface area contributed by atoms with Crippen LogP contribution in [0.25, 0.3) is 10.8 Å². The summed E-state index contributed by atoms with van der Waals surface area (Å²) in [7, 11) is -0.994. The van der Waals surface area contributed by atoms with Crippen LogP contribution in [0.3, 0.4) is 0 Å². The van der Waals surface area contributed by atoms with E-state index in [9.17, 15) is 18.0 Å². The maximum absolute atomic E-state index is 13.6. The molecule has 1 aliphatic carbocycles. The number of hydrogen-bond acceptors (Lipinski definition) is 5. The Morgan fingerprint density at radius 3 is 2.41 bits per heavy atom. The van der Waals surface area contributed by atoms with Crippen LogP contribution in [0.15, 0.2) is 71.6 Å². The molecule has 8 nitrogen and oxygen atoms in total. The molecule has 1 aliphatic rings. The molecule has 208 valence electrons. The van der Waals surface area contributed by atoms with Gasteiger partial charge in [0.1, 0.15) is 11.8 Å². The van der Waals surface area contributed by atoms with Gasteiger partial charge in [-0.2, -0.15) is 4.31 Å². The largest absolute Gasteiger partial charge is 0.497 e. The molecule has 1 atom stereocenters. The molecule has 1 fully saturated rings. The SMILES string of the molecule is COc1cccc(CN(C(=O)CN(C)S(=O)(=O)c2ccc3ccccc3c2)[C@H](C)C(=O)NC2CCCCC2)c1. The number of hydrogen-bond donors (Lipinski definition) is 1. The molecular weight excluding hydrogens is 514 g/mol. The fourth-order valence-corrected chi connectivity index (χ4v) is 6.15. The molecule has 0 heterocycles. The summed E-state index contributed by atoms with van der Waals surface area (Å²) in [6.45, 7) is 1.42. The highest BCUT2D eigenvalue weighted by Crippen LogP contribution is 2.23. The summed E-state index contributed by atoms with van der Waals surface area (Å²) >= 11 is 0. The Morgan fingerprint density at radius 2 is 1.69 bits per heavy atom. The van der Waals surface area contributed by atoms with E-state index in [1.165, 1.54) is 18.4 Å². The van der Waals surface area contributed by atoms with Gasteiger partial charge in [0.2, 0.25) is 21.8 Å². The number of fused-ring (bicyclic) bond motifs is 1. The molecule has 1 saturated carbocycles. The number of nitrogens with zero attached hydrogens (tertiary/aromatic N) is 2. The minimum absolute atomic E-state index is 0.0958. The first-order valence-electron chi connectivity index (χ1n) is 13.4. The second kappa shape index (κ2) is 12.6. The van der Waals surface area contributed by atoms with E-state index < -0.39 is 28.5 Å². The molecule has 0 radical (unpaired) electrons. The van der Waals surface area contributed by atoms with Crippen molar-refractivity contribution in [3.63, 3.8) is 0 Å². The van der Waals surface area contributed by atoms with Crippen LogP contribution in [0.5, 0.6) is 5.75 Å². The van der Waals surface area contributed by atoms with Crippen molar-refractivity contribution in [2.45, 2.75) is 62.6 Å². The Labute approximate surface area is 231 Å². The number of rotatable bonds is 10. The third-order valence-corrected chi connectivity index (χ3v) is 9.19. The van der Waals surface area contributed by atoms with Gasteiger partial charge in [-0.25, -0.2) is 8.42 Å². The van der Waals surface area contributed by atoms with Gasteiger partial charge in [0.25, 0.3) is 0 Å². The zero-order valence-corrected chi connectivity index (χ0v) is 23.6. The highest BCUT2D eigenvalue weighted by molar-refractivity contribution is 7.89. The summed E-state index contributed by atoms with van der Waals surface area (Å²) in [5.41, 5.74) is 0.778. The van der Waals surface area contributed by atoms with Gasteiger partial charge in [0, 0.05) is 19.6 Å². The molecule has 0 unspecified atom stereocenters. The maximum Gasteiger partial charge on any atom is 0.243 e. The molecule has 9 heteroatoms. The van der Waals surface area contributed by atoms with Gasteiger partial charge in [0.05, 0.1) is 18.6 Å². The Morgan fingerprint density at radius 1 is 0.974 bits per heavy atom. The fourth-order valence-electron chi connectivity index (χ4n) is 4.99. The number of likely N-dealkylation sites (N-methyl/N-ethyl adjacent to an activating group) is 1. The van der Waals surface area contributed by atoms with E-state index in [0.717, 1.165) is 46.3 Å². The lowest BCUT2D eigenvalue weighted by Gasteiger charge is -2.32. The van der Waals surface area contributed by atoms with E-state index in [0.29, 0.717) is 5.75 Å². The standard InChI is InChI=1S/C30H37N3O5S/c1-22(30(35)31-26-13-5-4-6-14-26)33(20-23-10-9-15-27(18-23)38-3)29(34)21-32(2)39(36,37)28-17-16-24-11-7-8-12-25(24)19-28/h7-12,15-19,22,26H,4-6,13-14,20-21H2,1-3H3,(H,31,35)/t22-/m1/s1. The first-order chi connectivity index (χ1) is 18.7. The summed E-state index contributed by atoms with van der Waals surface area (Å²) in [4.78, 5) is 28.4. The Bertz CT molecular complexity index is 1420. The van der Waals surface area contributed by atoms with Crippen LogP contribution < -0.4 is 10.1 Å². The lowest BCUT2D eigenvalue weighted by molar-refractivity contribution is -0.141. The number of carbonyl (C=O) groups excluding carboxylic acids is 2. The molecule has 3 aromatic carbocycles. The third-order valence-electron chi connectivity index (χ3n) is 7.39. The van der Waals surface area contributed by atoms with Crippen LogP contribution in [0, 0.1) is 0 Å². The fraction of sp³-hybridized carbons (Fsp3) is 0.400. The monoisotopic (exact) mass is 551 g/mol. The predicted molar refractivity (Wildman–Crippen MR) is 152 cm³/mol. The van der Waals surface area contributed by atoms with Gasteiger partial charge in [0.15, 0.2) is 0 Å². The zero-order chi connectivity index (χ0) is 28.0. The number of nitrogens with one attached hydrogen (secondary N) is 1. The van der Waals surface area contributed by atoms with Crippen molar-refractivity contribution in [1.29, 1.82) is 0 Å². The second-order valence-electron chi connectivity index (χ2n) is 10.2. The van der Waals surface area contributed by atoms with Crippen LogP contribution >= 0.6 is 0 Å². The first-order valence-corrected chi connectivity index (χ1v) is 14.8. The van der Waals surface area contributed by atoms with E-state index >= 15 is 0 Å². The molecule has 4 rings (SSSR count). The molecule has 0 saturated heterocycles. The highest BCUT2D eigenvalue weighted by atomic mass is 32.2. The van der Waals surface area contributed by atoms with E-state index in [1.807, 2.05) is 42.5 Å². The van der Waals surface area contributed by atoms with Gasteiger partial charge in [-0.3, -0.25) is 9.59 Å². The normalized spacial score (nSPS) is 15.2. The van der Waals surface area contributed by atoms with Crippen molar-refractivity contribution in [3.8, 4) is 5.75 Å². The van der Waals surface area contributed by atoms with E-state index in [1.54, 1.807) is 38.3 Å². The molecular formula is C30H37N3O5S. The minimum Gasteiger partial charge on any atom is -0.497 e.